The van der Waals surface area contributed by atoms with Gasteiger partial charge in [0.25, 0.3) is 23.6 Å². The first-order valence-electron chi connectivity index (χ1n) is 7.05. The van der Waals surface area contributed by atoms with Crippen molar-refractivity contribution >= 4 is 35.3 Å². The molecule has 124 valence electrons. The molecule has 0 bridgehead atoms. The SMILES string of the molecule is CC(=O)ON1C(=O)CCC1=O.O=C1C=CC(=O)N1c1ccccc1. The molecule has 0 unspecified atom stereocenters. The lowest BCUT2D eigenvalue weighted by Crippen LogP contribution is -2.30. The average molecular weight is 330 g/mol. The van der Waals surface area contributed by atoms with Crippen LogP contribution in [0.15, 0.2) is 42.5 Å². The summed E-state index contributed by atoms with van der Waals surface area (Å²) in [6.45, 7) is 1.14. The molecule has 2 aliphatic heterocycles. The first kappa shape index (κ1) is 17.1. The van der Waals surface area contributed by atoms with Gasteiger partial charge in [-0.25, -0.2) is 9.69 Å². The fraction of sp³-hybridized carbons (Fsp3) is 0.188. The first-order chi connectivity index (χ1) is 11.4. The van der Waals surface area contributed by atoms with Gasteiger partial charge in [-0.05, 0) is 12.1 Å². The molecule has 0 aliphatic carbocycles. The highest BCUT2D eigenvalue weighted by Crippen LogP contribution is 2.17. The molecule has 1 aromatic carbocycles. The first-order valence-corrected chi connectivity index (χ1v) is 7.05. The quantitative estimate of drug-likeness (QED) is 0.741. The molecule has 4 amide bonds. The highest BCUT2D eigenvalue weighted by molar-refractivity contribution is 6.28. The van der Waals surface area contributed by atoms with Crippen LogP contribution >= 0.6 is 0 Å². The number of amides is 4. The smallest absolute Gasteiger partial charge is 0.330 e. The third-order valence-corrected chi connectivity index (χ3v) is 3.05. The van der Waals surface area contributed by atoms with Crippen LogP contribution in [0.5, 0.6) is 0 Å². The zero-order valence-electron chi connectivity index (χ0n) is 12.8. The van der Waals surface area contributed by atoms with Gasteiger partial charge in [-0.15, -0.1) is 5.06 Å². The normalized spacial score (nSPS) is 16.4. The Morgan fingerprint density at radius 2 is 1.42 bits per heavy atom. The minimum absolute atomic E-state index is 0.131. The molecule has 0 atom stereocenters. The van der Waals surface area contributed by atoms with Crippen molar-refractivity contribution in [3.8, 4) is 0 Å². The summed E-state index contributed by atoms with van der Waals surface area (Å²) in [5.41, 5.74) is 0.613. The minimum Gasteiger partial charge on any atom is -0.331 e. The van der Waals surface area contributed by atoms with Gasteiger partial charge in [0.2, 0.25) is 0 Å². The standard InChI is InChI=1S/C10H7NO2.C6H7NO4/c12-9-6-7-10(13)11(9)8-4-2-1-3-5-8;1-4(8)11-7-5(9)2-3-6(7)10/h1-7H;2-3H2,1H3. The topological polar surface area (TPSA) is 101 Å². The summed E-state index contributed by atoms with van der Waals surface area (Å²) in [4.78, 5) is 59.7. The molecular weight excluding hydrogens is 316 g/mol. The van der Waals surface area contributed by atoms with E-state index in [-0.39, 0.29) is 24.7 Å². The van der Waals surface area contributed by atoms with E-state index in [9.17, 15) is 24.0 Å². The molecule has 1 saturated heterocycles. The van der Waals surface area contributed by atoms with Gasteiger partial charge in [0, 0.05) is 31.9 Å². The molecule has 0 radical (unpaired) electrons. The molecule has 1 fully saturated rings. The number of rotatable bonds is 2. The van der Waals surface area contributed by atoms with E-state index in [1.54, 1.807) is 24.3 Å². The summed E-state index contributed by atoms with van der Waals surface area (Å²) in [6, 6.07) is 8.86. The monoisotopic (exact) mass is 330 g/mol. The molecular formula is C16H14N2O6. The molecule has 2 heterocycles. The summed E-state index contributed by atoms with van der Waals surface area (Å²) < 4.78 is 0. The van der Waals surface area contributed by atoms with Crippen LogP contribution in [-0.4, -0.2) is 34.7 Å². The number of imide groups is 2. The van der Waals surface area contributed by atoms with Gasteiger partial charge in [0.05, 0.1) is 5.69 Å². The second kappa shape index (κ2) is 7.32. The largest absolute Gasteiger partial charge is 0.331 e. The molecule has 8 heteroatoms. The molecule has 8 nitrogen and oxygen atoms in total. The maximum absolute atomic E-state index is 11.2. The Bertz CT molecular complexity index is 691. The predicted molar refractivity (Wildman–Crippen MR) is 80.9 cm³/mol. The Balaban J connectivity index is 0.000000177. The molecule has 0 aromatic heterocycles. The van der Waals surface area contributed by atoms with E-state index < -0.39 is 17.8 Å². The van der Waals surface area contributed by atoms with E-state index in [4.69, 9.17) is 0 Å². The predicted octanol–water partition coefficient (Wildman–Crippen LogP) is 0.729. The molecule has 1 aromatic rings. The van der Waals surface area contributed by atoms with E-state index in [0.29, 0.717) is 10.8 Å². The van der Waals surface area contributed by atoms with Crippen LogP contribution < -0.4 is 4.90 Å². The van der Waals surface area contributed by atoms with Gasteiger partial charge in [-0.2, -0.15) is 0 Å². The van der Waals surface area contributed by atoms with E-state index >= 15 is 0 Å². The van der Waals surface area contributed by atoms with E-state index in [2.05, 4.69) is 4.84 Å². The Morgan fingerprint density at radius 3 is 1.88 bits per heavy atom. The summed E-state index contributed by atoms with van der Waals surface area (Å²) in [7, 11) is 0. The summed E-state index contributed by atoms with van der Waals surface area (Å²) in [5, 5.41) is 0.516. The molecule has 3 rings (SSSR count). The van der Waals surface area contributed by atoms with Crippen LogP contribution in [-0.2, 0) is 28.8 Å². The lowest BCUT2D eigenvalue weighted by molar-refractivity contribution is -0.195. The van der Waals surface area contributed by atoms with Crippen LogP contribution in [0, 0.1) is 0 Å². The number of hydrogen-bond acceptors (Lipinski definition) is 6. The molecule has 24 heavy (non-hydrogen) atoms. The van der Waals surface area contributed by atoms with Crippen LogP contribution in [0.3, 0.4) is 0 Å². The van der Waals surface area contributed by atoms with Crippen molar-refractivity contribution in [2.24, 2.45) is 0 Å². The number of benzene rings is 1. The highest BCUT2D eigenvalue weighted by Gasteiger charge is 2.31. The third-order valence-electron chi connectivity index (χ3n) is 3.05. The fourth-order valence-corrected chi connectivity index (χ4v) is 2.02. The Kier molecular flexibility index (Phi) is 5.20. The van der Waals surface area contributed by atoms with Gasteiger partial charge in [0.15, 0.2) is 0 Å². The molecule has 0 saturated carbocycles. The van der Waals surface area contributed by atoms with Crippen LogP contribution in [0.4, 0.5) is 5.69 Å². The molecule has 2 aliphatic rings. The lowest BCUT2D eigenvalue weighted by atomic mass is 10.3. The summed E-state index contributed by atoms with van der Waals surface area (Å²) in [6.07, 6.45) is 2.81. The minimum atomic E-state index is -0.659. The Labute approximate surface area is 137 Å². The van der Waals surface area contributed by atoms with Crippen molar-refractivity contribution in [1.82, 2.24) is 5.06 Å². The average Bonchev–Trinajstić information content (AvgIpc) is 3.05. The number of anilines is 1. The van der Waals surface area contributed by atoms with Crippen molar-refractivity contribution in [2.75, 3.05) is 4.90 Å². The second-order valence-corrected chi connectivity index (χ2v) is 4.85. The molecule has 0 spiro atoms. The van der Waals surface area contributed by atoms with Crippen molar-refractivity contribution < 1.29 is 28.8 Å². The van der Waals surface area contributed by atoms with E-state index in [1.165, 1.54) is 12.2 Å². The second-order valence-electron chi connectivity index (χ2n) is 4.85. The zero-order chi connectivity index (χ0) is 17.7. The summed E-state index contributed by atoms with van der Waals surface area (Å²) >= 11 is 0. The van der Waals surface area contributed by atoms with Gasteiger partial charge < -0.3 is 4.84 Å². The molecule has 0 N–H and O–H groups in total. The number of carbonyl (C=O) groups is 5. The Morgan fingerprint density at radius 1 is 0.917 bits per heavy atom. The van der Waals surface area contributed by atoms with Crippen LogP contribution in [0.25, 0.3) is 0 Å². The number of nitrogens with zero attached hydrogens (tertiary/aromatic N) is 2. The van der Waals surface area contributed by atoms with Gasteiger partial charge in [-0.3, -0.25) is 19.2 Å². The van der Waals surface area contributed by atoms with Crippen LogP contribution in [0.2, 0.25) is 0 Å². The van der Waals surface area contributed by atoms with Gasteiger partial charge in [0.1, 0.15) is 0 Å². The van der Waals surface area contributed by atoms with Crippen molar-refractivity contribution in [3.05, 3.63) is 42.5 Å². The zero-order valence-corrected chi connectivity index (χ0v) is 12.8. The summed E-state index contributed by atoms with van der Waals surface area (Å²) in [5.74, 6) is -2.13. The third kappa shape index (κ3) is 3.92. The van der Waals surface area contributed by atoms with Crippen molar-refractivity contribution in [3.63, 3.8) is 0 Å². The maximum Gasteiger partial charge on any atom is 0.330 e. The highest BCUT2D eigenvalue weighted by atomic mass is 16.7. The number of para-hydroxylation sites is 1. The fourth-order valence-electron chi connectivity index (χ4n) is 2.02. The van der Waals surface area contributed by atoms with E-state index in [0.717, 1.165) is 11.8 Å². The Hall–Kier alpha value is -3.29. The van der Waals surface area contributed by atoms with Gasteiger partial charge in [-0.1, -0.05) is 18.2 Å². The lowest BCUT2D eigenvalue weighted by Gasteiger charge is -2.12. The van der Waals surface area contributed by atoms with Crippen molar-refractivity contribution in [1.29, 1.82) is 0 Å². The van der Waals surface area contributed by atoms with Crippen molar-refractivity contribution in [2.45, 2.75) is 19.8 Å². The van der Waals surface area contributed by atoms with Crippen LogP contribution in [0.1, 0.15) is 19.8 Å². The number of hydroxylamine groups is 2. The maximum atomic E-state index is 11.2. The number of carbonyl (C=O) groups excluding carboxylic acids is 5. The number of hydrogen-bond donors (Lipinski definition) is 0. The van der Waals surface area contributed by atoms with E-state index in [1.807, 2.05) is 6.07 Å². The van der Waals surface area contributed by atoms with Gasteiger partial charge >= 0.3 is 5.97 Å².